The third kappa shape index (κ3) is 4.85. The molecule has 0 spiro atoms. The highest BCUT2D eigenvalue weighted by Crippen LogP contribution is 2.35. The van der Waals surface area contributed by atoms with Crippen molar-refractivity contribution >= 4 is 5.97 Å². The molecular formula is C18H27NO2. The minimum Gasteiger partial charge on any atom is -0.481 e. The SMILES string of the molecule is CC(CN(C)CC1CCC(c2ccccc2)CC1)C(=O)O. The normalized spacial score (nSPS) is 24.0. The number of carbonyl (C=O) groups is 1. The van der Waals surface area contributed by atoms with Crippen LogP contribution in [0.4, 0.5) is 0 Å². The van der Waals surface area contributed by atoms with Crippen molar-refractivity contribution in [2.24, 2.45) is 11.8 Å². The van der Waals surface area contributed by atoms with E-state index in [9.17, 15) is 4.79 Å². The summed E-state index contributed by atoms with van der Waals surface area (Å²) < 4.78 is 0. The van der Waals surface area contributed by atoms with Gasteiger partial charge in [-0.3, -0.25) is 4.79 Å². The van der Waals surface area contributed by atoms with Gasteiger partial charge in [0.15, 0.2) is 0 Å². The third-order valence-corrected chi connectivity index (χ3v) is 4.69. The molecular weight excluding hydrogens is 262 g/mol. The molecule has 116 valence electrons. The maximum Gasteiger partial charge on any atom is 0.307 e. The van der Waals surface area contributed by atoms with Crippen molar-refractivity contribution < 1.29 is 9.90 Å². The molecule has 1 fully saturated rings. The monoisotopic (exact) mass is 289 g/mol. The van der Waals surface area contributed by atoms with Crippen LogP contribution in [0.5, 0.6) is 0 Å². The van der Waals surface area contributed by atoms with E-state index in [2.05, 4.69) is 35.2 Å². The summed E-state index contributed by atoms with van der Waals surface area (Å²) in [5, 5.41) is 8.97. The molecule has 0 saturated heterocycles. The number of carboxylic acids is 1. The second-order valence-electron chi connectivity index (χ2n) is 6.59. The van der Waals surface area contributed by atoms with Gasteiger partial charge in [-0.05, 0) is 50.1 Å². The van der Waals surface area contributed by atoms with Gasteiger partial charge in [0.05, 0.1) is 5.92 Å². The summed E-state index contributed by atoms with van der Waals surface area (Å²) in [6.45, 7) is 3.46. The molecule has 3 heteroatoms. The lowest BCUT2D eigenvalue weighted by Gasteiger charge is -2.32. The second kappa shape index (κ2) is 7.60. The topological polar surface area (TPSA) is 40.5 Å². The third-order valence-electron chi connectivity index (χ3n) is 4.69. The predicted octanol–water partition coefficient (Wildman–Crippen LogP) is 3.61. The van der Waals surface area contributed by atoms with Gasteiger partial charge in [0.1, 0.15) is 0 Å². The van der Waals surface area contributed by atoms with Crippen LogP contribution in [0, 0.1) is 11.8 Å². The predicted molar refractivity (Wildman–Crippen MR) is 85.4 cm³/mol. The van der Waals surface area contributed by atoms with E-state index in [-0.39, 0.29) is 5.92 Å². The summed E-state index contributed by atoms with van der Waals surface area (Å²) in [7, 11) is 2.04. The summed E-state index contributed by atoms with van der Waals surface area (Å²) in [5.74, 6) is 0.451. The molecule has 1 aromatic carbocycles. The Morgan fingerprint density at radius 3 is 2.43 bits per heavy atom. The van der Waals surface area contributed by atoms with Gasteiger partial charge in [0.25, 0.3) is 0 Å². The number of carboxylic acid groups (broad SMARTS) is 1. The highest BCUT2D eigenvalue weighted by molar-refractivity contribution is 5.69. The number of aliphatic carboxylic acids is 1. The van der Waals surface area contributed by atoms with Crippen LogP contribution >= 0.6 is 0 Å². The maximum atomic E-state index is 10.9. The Morgan fingerprint density at radius 1 is 1.24 bits per heavy atom. The zero-order valence-electron chi connectivity index (χ0n) is 13.2. The molecule has 0 radical (unpaired) electrons. The van der Waals surface area contributed by atoms with Gasteiger partial charge in [-0.15, -0.1) is 0 Å². The van der Waals surface area contributed by atoms with Crippen molar-refractivity contribution in [3.05, 3.63) is 35.9 Å². The second-order valence-corrected chi connectivity index (χ2v) is 6.59. The Balaban J connectivity index is 1.75. The minimum absolute atomic E-state index is 0.282. The average Bonchev–Trinajstić information content (AvgIpc) is 2.48. The Labute approximate surface area is 128 Å². The van der Waals surface area contributed by atoms with Crippen LogP contribution < -0.4 is 0 Å². The quantitative estimate of drug-likeness (QED) is 0.869. The van der Waals surface area contributed by atoms with Crippen LogP contribution in [-0.4, -0.2) is 36.1 Å². The number of hydrogen-bond acceptors (Lipinski definition) is 2. The van der Waals surface area contributed by atoms with Crippen molar-refractivity contribution in [3.8, 4) is 0 Å². The van der Waals surface area contributed by atoms with Crippen LogP contribution in [0.3, 0.4) is 0 Å². The molecule has 2 rings (SSSR count). The summed E-state index contributed by atoms with van der Waals surface area (Å²) in [4.78, 5) is 13.1. The summed E-state index contributed by atoms with van der Waals surface area (Å²) in [5.41, 5.74) is 1.48. The minimum atomic E-state index is -0.699. The molecule has 1 unspecified atom stereocenters. The molecule has 1 aliphatic carbocycles. The highest BCUT2D eigenvalue weighted by atomic mass is 16.4. The molecule has 21 heavy (non-hydrogen) atoms. The molecule has 1 aromatic rings. The van der Waals surface area contributed by atoms with Crippen molar-refractivity contribution in [3.63, 3.8) is 0 Å². The van der Waals surface area contributed by atoms with Crippen LogP contribution in [0.25, 0.3) is 0 Å². The molecule has 1 saturated carbocycles. The van der Waals surface area contributed by atoms with Gasteiger partial charge in [-0.1, -0.05) is 37.3 Å². The summed E-state index contributed by atoms with van der Waals surface area (Å²) in [6, 6.07) is 10.8. The zero-order valence-corrected chi connectivity index (χ0v) is 13.2. The molecule has 0 aliphatic heterocycles. The van der Waals surface area contributed by atoms with Crippen molar-refractivity contribution in [2.45, 2.75) is 38.5 Å². The first-order chi connectivity index (χ1) is 10.1. The fourth-order valence-corrected chi connectivity index (χ4v) is 3.46. The van der Waals surface area contributed by atoms with Crippen molar-refractivity contribution in [1.29, 1.82) is 0 Å². The molecule has 1 aliphatic rings. The van der Waals surface area contributed by atoms with Gasteiger partial charge in [0, 0.05) is 13.1 Å². The van der Waals surface area contributed by atoms with E-state index >= 15 is 0 Å². The summed E-state index contributed by atoms with van der Waals surface area (Å²) >= 11 is 0. The standard InChI is InChI=1S/C18H27NO2/c1-14(18(20)21)12-19(2)13-15-8-10-17(11-9-15)16-6-4-3-5-7-16/h3-7,14-15,17H,8-13H2,1-2H3,(H,20,21). The fourth-order valence-electron chi connectivity index (χ4n) is 3.46. The van der Waals surface area contributed by atoms with E-state index in [0.29, 0.717) is 12.5 Å². The van der Waals surface area contributed by atoms with E-state index in [1.165, 1.54) is 31.2 Å². The Kier molecular flexibility index (Phi) is 5.80. The van der Waals surface area contributed by atoms with Crippen molar-refractivity contribution in [1.82, 2.24) is 4.90 Å². The molecule has 1 N–H and O–H groups in total. The molecule has 1 atom stereocenters. The number of hydrogen-bond donors (Lipinski definition) is 1. The Morgan fingerprint density at radius 2 is 1.86 bits per heavy atom. The zero-order chi connectivity index (χ0) is 15.2. The summed E-state index contributed by atoms with van der Waals surface area (Å²) in [6.07, 6.45) is 5.03. The molecule has 0 heterocycles. The van der Waals surface area contributed by atoms with E-state index in [4.69, 9.17) is 5.11 Å². The fraction of sp³-hybridized carbons (Fsp3) is 0.611. The van der Waals surface area contributed by atoms with Crippen LogP contribution in [-0.2, 0) is 4.79 Å². The largest absolute Gasteiger partial charge is 0.481 e. The first-order valence-electron chi connectivity index (χ1n) is 8.02. The number of benzene rings is 1. The van der Waals surface area contributed by atoms with Crippen LogP contribution in [0.15, 0.2) is 30.3 Å². The molecule has 0 amide bonds. The van der Waals surface area contributed by atoms with Gasteiger partial charge >= 0.3 is 5.97 Å². The van der Waals surface area contributed by atoms with Crippen LogP contribution in [0.2, 0.25) is 0 Å². The molecule has 0 bridgehead atoms. The van der Waals surface area contributed by atoms with Gasteiger partial charge in [-0.2, -0.15) is 0 Å². The smallest absolute Gasteiger partial charge is 0.307 e. The molecule has 0 aromatic heterocycles. The van der Waals surface area contributed by atoms with Crippen molar-refractivity contribution in [2.75, 3.05) is 20.1 Å². The van der Waals surface area contributed by atoms with Gasteiger partial charge in [0.2, 0.25) is 0 Å². The lowest BCUT2D eigenvalue weighted by molar-refractivity contribution is -0.141. The highest BCUT2D eigenvalue weighted by Gasteiger charge is 2.24. The Bertz CT molecular complexity index is 438. The van der Waals surface area contributed by atoms with Gasteiger partial charge in [-0.25, -0.2) is 0 Å². The lowest BCUT2D eigenvalue weighted by atomic mass is 9.78. The van der Waals surface area contributed by atoms with E-state index in [1.807, 2.05) is 7.05 Å². The number of rotatable bonds is 6. The first-order valence-corrected chi connectivity index (χ1v) is 8.02. The number of nitrogens with zero attached hydrogens (tertiary/aromatic N) is 1. The average molecular weight is 289 g/mol. The molecule has 3 nitrogen and oxygen atoms in total. The van der Waals surface area contributed by atoms with Gasteiger partial charge < -0.3 is 10.0 Å². The first kappa shape index (κ1) is 16.0. The van der Waals surface area contributed by atoms with E-state index < -0.39 is 5.97 Å². The van der Waals surface area contributed by atoms with Crippen LogP contribution in [0.1, 0.15) is 44.1 Å². The maximum absolute atomic E-state index is 10.9. The lowest BCUT2D eigenvalue weighted by Crippen LogP contribution is -2.33. The van der Waals surface area contributed by atoms with E-state index in [1.54, 1.807) is 6.92 Å². The van der Waals surface area contributed by atoms with E-state index in [0.717, 1.165) is 12.5 Å². The Hall–Kier alpha value is -1.35.